The standard InChI is InChI=1S/C16H21BrN4O/c1-3-13-15(11-5-7-12(17)8-6-11)20-21-16(13)19-14(22)9-4-10(2)18/h5-8,10H,3-4,9,18H2,1-2H3,(H2,19,20,21,22). The van der Waals surface area contributed by atoms with E-state index in [9.17, 15) is 4.79 Å². The van der Waals surface area contributed by atoms with Gasteiger partial charge in [0.2, 0.25) is 5.91 Å². The Morgan fingerprint density at radius 2 is 2.09 bits per heavy atom. The van der Waals surface area contributed by atoms with Crippen molar-refractivity contribution < 1.29 is 4.79 Å². The molecule has 1 aromatic heterocycles. The molecule has 22 heavy (non-hydrogen) atoms. The van der Waals surface area contributed by atoms with E-state index < -0.39 is 0 Å². The van der Waals surface area contributed by atoms with Crippen LogP contribution >= 0.6 is 15.9 Å². The summed E-state index contributed by atoms with van der Waals surface area (Å²) in [6, 6.07) is 8.01. The number of nitrogens with zero attached hydrogens (tertiary/aromatic N) is 1. The highest BCUT2D eigenvalue weighted by atomic mass is 79.9. The summed E-state index contributed by atoms with van der Waals surface area (Å²) in [4.78, 5) is 11.9. The quantitative estimate of drug-likeness (QED) is 0.733. The summed E-state index contributed by atoms with van der Waals surface area (Å²) in [5.41, 5.74) is 8.67. The number of hydrogen-bond acceptors (Lipinski definition) is 3. The third-order valence-electron chi connectivity index (χ3n) is 3.44. The average Bonchev–Trinajstić information content (AvgIpc) is 2.88. The fourth-order valence-electron chi connectivity index (χ4n) is 2.22. The number of H-pyrrole nitrogens is 1. The maximum Gasteiger partial charge on any atom is 0.225 e. The molecular weight excluding hydrogens is 344 g/mol. The fourth-order valence-corrected chi connectivity index (χ4v) is 2.49. The molecule has 1 atom stereocenters. The van der Waals surface area contributed by atoms with Crippen molar-refractivity contribution in [3.63, 3.8) is 0 Å². The Morgan fingerprint density at radius 3 is 2.68 bits per heavy atom. The van der Waals surface area contributed by atoms with Crippen LogP contribution in [0.1, 0.15) is 32.3 Å². The molecule has 0 fully saturated rings. The van der Waals surface area contributed by atoms with Gasteiger partial charge in [-0.1, -0.05) is 35.0 Å². The summed E-state index contributed by atoms with van der Waals surface area (Å²) < 4.78 is 1.03. The van der Waals surface area contributed by atoms with Crippen LogP contribution in [0.25, 0.3) is 11.3 Å². The molecule has 0 spiro atoms. The number of aromatic amines is 1. The van der Waals surface area contributed by atoms with Gasteiger partial charge in [0.05, 0.1) is 5.69 Å². The number of benzene rings is 1. The molecule has 0 bridgehead atoms. The van der Waals surface area contributed by atoms with Gasteiger partial charge >= 0.3 is 0 Å². The summed E-state index contributed by atoms with van der Waals surface area (Å²) in [5.74, 6) is 0.552. The second-order valence-electron chi connectivity index (χ2n) is 5.35. The van der Waals surface area contributed by atoms with Gasteiger partial charge in [-0.05, 0) is 37.5 Å². The van der Waals surface area contributed by atoms with Crippen molar-refractivity contribution in [1.82, 2.24) is 10.2 Å². The zero-order valence-electron chi connectivity index (χ0n) is 12.8. The van der Waals surface area contributed by atoms with Crippen molar-refractivity contribution in [3.05, 3.63) is 34.3 Å². The van der Waals surface area contributed by atoms with E-state index in [2.05, 4.69) is 31.4 Å². The van der Waals surface area contributed by atoms with Crippen molar-refractivity contribution in [2.45, 2.75) is 39.2 Å². The summed E-state index contributed by atoms with van der Waals surface area (Å²) >= 11 is 3.43. The zero-order chi connectivity index (χ0) is 16.1. The number of halogens is 1. The predicted octanol–water partition coefficient (Wildman–Crippen LogP) is 3.47. The van der Waals surface area contributed by atoms with Crippen LogP contribution in [0.3, 0.4) is 0 Å². The Balaban J connectivity index is 2.17. The maximum atomic E-state index is 11.9. The van der Waals surface area contributed by atoms with E-state index in [0.717, 1.165) is 27.7 Å². The van der Waals surface area contributed by atoms with E-state index in [1.165, 1.54) is 0 Å². The molecule has 5 nitrogen and oxygen atoms in total. The van der Waals surface area contributed by atoms with E-state index in [0.29, 0.717) is 18.7 Å². The molecule has 0 saturated heterocycles. The molecule has 0 saturated carbocycles. The topological polar surface area (TPSA) is 83.8 Å². The molecule has 0 aliphatic carbocycles. The van der Waals surface area contributed by atoms with Gasteiger partial charge < -0.3 is 11.1 Å². The number of nitrogens with one attached hydrogen (secondary N) is 2. The predicted molar refractivity (Wildman–Crippen MR) is 92.6 cm³/mol. The minimum Gasteiger partial charge on any atom is -0.328 e. The largest absolute Gasteiger partial charge is 0.328 e. The minimum atomic E-state index is -0.0548. The molecule has 1 heterocycles. The van der Waals surface area contributed by atoms with Gasteiger partial charge in [-0.2, -0.15) is 5.10 Å². The monoisotopic (exact) mass is 364 g/mol. The fraction of sp³-hybridized carbons (Fsp3) is 0.375. The van der Waals surface area contributed by atoms with Gasteiger partial charge in [-0.25, -0.2) is 0 Å². The molecule has 118 valence electrons. The molecule has 2 rings (SSSR count). The van der Waals surface area contributed by atoms with Crippen LogP contribution in [0.2, 0.25) is 0 Å². The smallest absolute Gasteiger partial charge is 0.225 e. The lowest BCUT2D eigenvalue weighted by Crippen LogP contribution is -2.20. The van der Waals surface area contributed by atoms with Crippen LogP contribution in [0, 0.1) is 0 Å². The average molecular weight is 365 g/mol. The van der Waals surface area contributed by atoms with Gasteiger partial charge in [-0.15, -0.1) is 0 Å². The summed E-state index contributed by atoms with van der Waals surface area (Å²) in [7, 11) is 0. The molecule has 0 aliphatic heterocycles. The summed E-state index contributed by atoms with van der Waals surface area (Å²) in [5, 5.41) is 10.2. The lowest BCUT2D eigenvalue weighted by atomic mass is 10.1. The Morgan fingerprint density at radius 1 is 1.41 bits per heavy atom. The highest BCUT2D eigenvalue weighted by Crippen LogP contribution is 2.28. The van der Waals surface area contributed by atoms with Gasteiger partial charge in [0, 0.05) is 22.5 Å². The lowest BCUT2D eigenvalue weighted by molar-refractivity contribution is -0.116. The first kappa shape index (κ1) is 16.7. The first-order valence-electron chi connectivity index (χ1n) is 7.39. The van der Waals surface area contributed by atoms with Crippen molar-refractivity contribution in [1.29, 1.82) is 0 Å². The third-order valence-corrected chi connectivity index (χ3v) is 3.97. The van der Waals surface area contributed by atoms with E-state index in [1.807, 2.05) is 38.1 Å². The molecule has 0 aliphatic rings. The van der Waals surface area contributed by atoms with Crippen molar-refractivity contribution in [2.75, 3.05) is 5.32 Å². The number of aromatic nitrogens is 2. The lowest BCUT2D eigenvalue weighted by Gasteiger charge is -2.07. The number of anilines is 1. The number of rotatable bonds is 6. The van der Waals surface area contributed by atoms with Crippen molar-refractivity contribution in [3.8, 4) is 11.3 Å². The van der Waals surface area contributed by atoms with Gasteiger partial charge in [0.1, 0.15) is 0 Å². The Labute approximate surface area is 138 Å². The van der Waals surface area contributed by atoms with Crippen LogP contribution in [-0.4, -0.2) is 22.1 Å². The normalized spacial score (nSPS) is 12.2. The molecule has 1 amide bonds. The molecule has 2 aromatic rings. The first-order valence-corrected chi connectivity index (χ1v) is 8.19. The minimum absolute atomic E-state index is 0.0221. The highest BCUT2D eigenvalue weighted by molar-refractivity contribution is 9.10. The number of carbonyl (C=O) groups is 1. The van der Waals surface area contributed by atoms with E-state index in [4.69, 9.17) is 5.73 Å². The van der Waals surface area contributed by atoms with E-state index in [1.54, 1.807) is 0 Å². The van der Waals surface area contributed by atoms with Crippen LogP contribution in [0.4, 0.5) is 5.82 Å². The first-order chi connectivity index (χ1) is 10.5. The maximum absolute atomic E-state index is 11.9. The SMILES string of the molecule is CCc1c(NC(=O)CCC(C)N)n[nH]c1-c1ccc(Br)cc1. The molecule has 4 N–H and O–H groups in total. The molecule has 0 radical (unpaired) electrons. The summed E-state index contributed by atoms with van der Waals surface area (Å²) in [6.45, 7) is 3.94. The zero-order valence-corrected chi connectivity index (χ0v) is 14.4. The van der Waals surface area contributed by atoms with E-state index >= 15 is 0 Å². The molecule has 1 aromatic carbocycles. The number of carbonyl (C=O) groups excluding carboxylic acids is 1. The molecular formula is C16H21BrN4O. The van der Waals surface area contributed by atoms with Crippen LogP contribution in [-0.2, 0) is 11.2 Å². The molecule has 1 unspecified atom stereocenters. The van der Waals surface area contributed by atoms with Gasteiger partial charge in [0.15, 0.2) is 5.82 Å². The third kappa shape index (κ3) is 4.18. The number of amides is 1. The van der Waals surface area contributed by atoms with Gasteiger partial charge in [0.25, 0.3) is 0 Å². The van der Waals surface area contributed by atoms with Crippen molar-refractivity contribution in [2.24, 2.45) is 5.73 Å². The Kier molecular flexibility index (Phi) is 5.74. The molecule has 6 heteroatoms. The Bertz CT molecular complexity index is 634. The van der Waals surface area contributed by atoms with Crippen LogP contribution in [0.15, 0.2) is 28.7 Å². The van der Waals surface area contributed by atoms with Crippen LogP contribution < -0.4 is 11.1 Å². The second kappa shape index (κ2) is 7.56. The van der Waals surface area contributed by atoms with E-state index in [-0.39, 0.29) is 11.9 Å². The number of hydrogen-bond donors (Lipinski definition) is 3. The number of nitrogens with two attached hydrogens (primary N) is 1. The Hall–Kier alpha value is -1.66. The highest BCUT2D eigenvalue weighted by Gasteiger charge is 2.15. The summed E-state index contributed by atoms with van der Waals surface area (Å²) in [6.07, 6.45) is 1.85. The van der Waals surface area contributed by atoms with Crippen molar-refractivity contribution >= 4 is 27.7 Å². The van der Waals surface area contributed by atoms with Gasteiger partial charge in [-0.3, -0.25) is 9.89 Å². The van der Waals surface area contributed by atoms with Crippen LogP contribution in [0.5, 0.6) is 0 Å². The second-order valence-corrected chi connectivity index (χ2v) is 6.27.